The van der Waals surface area contributed by atoms with E-state index in [1.165, 1.54) is 20.1 Å². The summed E-state index contributed by atoms with van der Waals surface area (Å²) in [5.74, 6) is 0.618. The maximum atomic E-state index is 12.4. The summed E-state index contributed by atoms with van der Waals surface area (Å²) in [4.78, 5) is 24.5. The van der Waals surface area contributed by atoms with Gasteiger partial charge in [0.15, 0.2) is 17.6 Å². The Balaban J connectivity index is 1.99. The second-order valence-electron chi connectivity index (χ2n) is 6.45. The highest BCUT2D eigenvalue weighted by Crippen LogP contribution is 2.28. The molecule has 0 saturated carbocycles. The number of amides is 1. The molecule has 0 fully saturated rings. The van der Waals surface area contributed by atoms with Gasteiger partial charge in [-0.3, -0.25) is 4.79 Å². The lowest BCUT2D eigenvalue weighted by atomic mass is 10.2. The van der Waals surface area contributed by atoms with Gasteiger partial charge in [-0.2, -0.15) is 0 Å². The first-order valence-corrected chi connectivity index (χ1v) is 9.53. The molecular weight excluding hydrogens is 386 g/mol. The fourth-order valence-electron chi connectivity index (χ4n) is 2.65. The molecule has 1 atom stereocenters. The number of nitrogens with one attached hydrogen (secondary N) is 1. The maximum absolute atomic E-state index is 12.4. The van der Waals surface area contributed by atoms with Crippen molar-refractivity contribution in [1.82, 2.24) is 0 Å². The van der Waals surface area contributed by atoms with Crippen LogP contribution in [0.2, 0.25) is 0 Å². The topological polar surface area (TPSA) is 83.1 Å². The lowest BCUT2D eigenvalue weighted by Crippen LogP contribution is -2.29. The molecule has 0 aliphatic carbocycles. The van der Waals surface area contributed by atoms with E-state index < -0.39 is 18.0 Å². The third-order valence-electron chi connectivity index (χ3n) is 4.17. The van der Waals surface area contributed by atoms with Gasteiger partial charge in [-0.1, -0.05) is 12.1 Å². The van der Waals surface area contributed by atoms with Gasteiger partial charge in [0, 0.05) is 6.08 Å². The molecule has 0 aliphatic heterocycles. The largest absolute Gasteiger partial charge is 0.495 e. The third kappa shape index (κ3) is 6.27. The Bertz CT molecular complexity index is 922. The predicted molar refractivity (Wildman–Crippen MR) is 115 cm³/mol. The minimum absolute atomic E-state index is 0.455. The number of aryl methyl sites for hydroxylation is 1. The van der Waals surface area contributed by atoms with Crippen LogP contribution in [0.3, 0.4) is 0 Å². The maximum Gasteiger partial charge on any atom is 0.331 e. The van der Waals surface area contributed by atoms with E-state index in [2.05, 4.69) is 5.32 Å². The van der Waals surface area contributed by atoms with Gasteiger partial charge in [0.05, 0.1) is 26.5 Å². The molecule has 7 nitrogen and oxygen atoms in total. The van der Waals surface area contributed by atoms with Crippen LogP contribution in [-0.2, 0) is 14.3 Å². The highest BCUT2D eigenvalue weighted by molar-refractivity contribution is 5.97. The van der Waals surface area contributed by atoms with E-state index in [1.807, 2.05) is 19.9 Å². The second-order valence-corrected chi connectivity index (χ2v) is 6.45. The molecule has 7 heteroatoms. The average Bonchev–Trinajstić information content (AvgIpc) is 2.72. The molecule has 1 amide bonds. The van der Waals surface area contributed by atoms with Crippen LogP contribution < -0.4 is 19.5 Å². The molecule has 0 heterocycles. The van der Waals surface area contributed by atoms with Crippen molar-refractivity contribution in [3.8, 4) is 17.2 Å². The van der Waals surface area contributed by atoms with Crippen LogP contribution in [-0.4, -0.2) is 38.8 Å². The normalized spacial score (nSPS) is 11.6. The Kier molecular flexibility index (Phi) is 8.29. The summed E-state index contributed by atoms with van der Waals surface area (Å²) in [6.45, 7) is 5.77. The minimum Gasteiger partial charge on any atom is -0.495 e. The smallest absolute Gasteiger partial charge is 0.331 e. The number of rotatable bonds is 9. The van der Waals surface area contributed by atoms with Crippen molar-refractivity contribution in [2.75, 3.05) is 26.1 Å². The minimum atomic E-state index is -0.984. The van der Waals surface area contributed by atoms with Crippen LogP contribution in [0.1, 0.15) is 25.0 Å². The molecule has 0 radical (unpaired) electrons. The van der Waals surface area contributed by atoms with Gasteiger partial charge in [0.1, 0.15) is 5.75 Å². The molecule has 0 spiro atoms. The number of carbonyl (C=O) groups is 2. The SMILES string of the molecule is CCOc1cc(/C=C/C(=O)O[C@H](C)C(=O)Nc2cc(C)ccc2OC)ccc1OC. The van der Waals surface area contributed by atoms with Crippen LogP contribution in [0.15, 0.2) is 42.5 Å². The van der Waals surface area contributed by atoms with Crippen molar-refractivity contribution >= 4 is 23.6 Å². The zero-order valence-corrected chi connectivity index (χ0v) is 17.9. The summed E-state index contributed by atoms with van der Waals surface area (Å²) in [6, 6.07) is 10.7. The van der Waals surface area contributed by atoms with Crippen molar-refractivity contribution in [2.24, 2.45) is 0 Å². The highest BCUT2D eigenvalue weighted by Gasteiger charge is 2.18. The fourth-order valence-corrected chi connectivity index (χ4v) is 2.65. The monoisotopic (exact) mass is 413 g/mol. The van der Waals surface area contributed by atoms with Gasteiger partial charge in [0.25, 0.3) is 5.91 Å². The fraction of sp³-hybridized carbons (Fsp3) is 0.304. The van der Waals surface area contributed by atoms with Gasteiger partial charge >= 0.3 is 5.97 Å². The predicted octanol–water partition coefficient (Wildman–Crippen LogP) is 3.99. The van der Waals surface area contributed by atoms with E-state index in [1.54, 1.807) is 43.5 Å². The van der Waals surface area contributed by atoms with E-state index in [-0.39, 0.29) is 0 Å². The molecule has 0 saturated heterocycles. The zero-order valence-electron chi connectivity index (χ0n) is 17.9. The summed E-state index contributed by atoms with van der Waals surface area (Å²) >= 11 is 0. The molecule has 2 aromatic carbocycles. The Morgan fingerprint density at radius 2 is 1.73 bits per heavy atom. The Morgan fingerprint density at radius 1 is 1.03 bits per heavy atom. The Morgan fingerprint density at radius 3 is 2.40 bits per heavy atom. The molecule has 0 aromatic heterocycles. The summed E-state index contributed by atoms with van der Waals surface area (Å²) in [6.07, 6.45) is 1.86. The Labute approximate surface area is 176 Å². The van der Waals surface area contributed by atoms with Gasteiger partial charge in [0.2, 0.25) is 0 Å². The second kappa shape index (κ2) is 10.9. The van der Waals surface area contributed by atoms with Crippen molar-refractivity contribution in [1.29, 1.82) is 0 Å². The van der Waals surface area contributed by atoms with Crippen molar-refractivity contribution in [3.05, 3.63) is 53.6 Å². The molecule has 30 heavy (non-hydrogen) atoms. The number of ether oxygens (including phenoxy) is 4. The molecule has 2 aromatic rings. The highest BCUT2D eigenvalue weighted by atomic mass is 16.5. The number of carbonyl (C=O) groups excluding carboxylic acids is 2. The van der Waals surface area contributed by atoms with Crippen molar-refractivity contribution in [2.45, 2.75) is 26.9 Å². The third-order valence-corrected chi connectivity index (χ3v) is 4.17. The quantitative estimate of drug-likeness (QED) is 0.494. The molecule has 0 aliphatic rings. The van der Waals surface area contributed by atoms with Crippen LogP contribution >= 0.6 is 0 Å². The Hall–Kier alpha value is -3.48. The number of hydrogen-bond acceptors (Lipinski definition) is 6. The lowest BCUT2D eigenvalue weighted by Gasteiger charge is -2.15. The summed E-state index contributed by atoms with van der Waals surface area (Å²) < 4.78 is 21.2. The first kappa shape index (κ1) is 22.8. The molecule has 1 N–H and O–H groups in total. The number of benzene rings is 2. The van der Waals surface area contributed by atoms with Crippen molar-refractivity contribution in [3.63, 3.8) is 0 Å². The van der Waals surface area contributed by atoms with Gasteiger partial charge < -0.3 is 24.3 Å². The number of methoxy groups -OCH3 is 2. The summed E-state index contributed by atoms with van der Waals surface area (Å²) in [7, 11) is 3.08. The summed E-state index contributed by atoms with van der Waals surface area (Å²) in [5, 5.41) is 2.72. The molecule has 160 valence electrons. The van der Waals surface area contributed by atoms with Gasteiger partial charge in [-0.05, 0) is 62.2 Å². The number of hydrogen-bond donors (Lipinski definition) is 1. The van der Waals surface area contributed by atoms with Crippen molar-refractivity contribution < 1.29 is 28.5 Å². The van der Waals surface area contributed by atoms with E-state index >= 15 is 0 Å². The number of esters is 1. The standard InChI is InChI=1S/C23H27NO6/c1-6-29-21-14-17(8-11-20(21)28-5)9-12-22(25)30-16(3)23(26)24-18-13-15(2)7-10-19(18)27-4/h7-14,16H,6H2,1-5H3,(H,24,26)/b12-9+/t16-/m1/s1. The van der Waals surface area contributed by atoms with E-state index in [0.717, 1.165) is 11.1 Å². The molecule has 0 unspecified atom stereocenters. The molecule has 2 rings (SSSR count). The number of anilines is 1. The van der Waals surface area contributed by atoms with Crippen LogP contribution in [0.5, 0.6) is 17.2 Å². The van der Waals surface area contributed by atoms with Gasteiger partial charge in [-0.15, -0.1) is 0 Å². The van der Waals surface area contributed by atoms with Crippen LogP contribution in [0, 0.1) is 6.92 Å². The van der Waals surface area contributed by atoms with E-state index in [9.17, 15) is 9.59 Å². The van der Waals surface area contributed by atoms with E-state index in [4.69, 9.17) is 18.9 Å². The molecule has 0 bridgehead atoms. The van der Waals surface area contributed by atoms with Crippen LogP contribution in [0.4, 0.5) is 5.69 Å². The van der Waals surface area contributed by atoms with Crippen LogP contribution in [0.25, 0.3) is 6.08 Å². The first-order chi connectivity index (χ1) is 14.4. The lowest BCUT2D eigenvalue weighted by molar-refractivity contribution is -0.148. The average molecular weight is 413 g/mol. The zero-order chi connectivity index (χ0) is 22.1. The van der Waals surface area contributed by atoms with E-state index in [0.29, 0.717) is 29.5 Å². The first-order valence-electron chi connectivity index (χ1n) is 9.53. The molecular formula is C23H27NO6. The van der Waals surface area contributed by atoms with Gasteiger partial charge in [-0.25, -0.2) is 4.79 Å². The summed E-state index contributed by atoms with van der Waals surface area (Å²) in [5.41, 5.74) is 2.21.